The number of carbonyl (C=O) groups is 1. The Morgan fingerprint density at radius 1 is 1.10 bits per heavy atom. The molecule has 1 amide bonds. The maximum absolute atomic E-state index is 13.0. The molecule has 2 aromatic carbocycles. The van der Waals surface area contributed by atoms with E-state index in [0.717, 1.165) is 24.2 Å². The molecule has 1 aliphatic heterocycles. The molecule has 0 bridgehead atoms. The van der Waals surface area contributed by atoms with Gasteiger partial charge in [-0.2, -0.15) is 4.98 Å². The summed E-state index contributed by atoms with van der Waals surface area (Å²) < 4.78 is 10.9. The van der Waals surface area contributed by atoms with Crippen molar-refractivity contribution in [2.24, 2.45) is 0 Å². The van der Waals surface area contributed by atoms with Crippen LogP contribution in [0.25, 0.3) is 11.4 Å². The monoisotopic (exact) mass is 406 g/mol. The van der Waals surface area contributed by atoms with Gasteiger partial charge in [-0.25, -0.2) is 0 Å². The Hall–Kier alpha value is -3.19. The van der Waals surface area contributed by atoms with E-state index < -0.39 is 0 Å². The zero-order chi connectivity index (χ0) is 21.1. The van der Waals surface area contributed by atoms with Crippen LogP contribution in [0.2, 0.25) is 0 Å². The summed E-state index contributed by atoms with van der Waals surface area (Å²) in [6.07, 6.45) is 0. The Balaban J connectivity index is 1.40. The van der Waals surface area contributed by atoms with Gasteiger partial charge in [0.05, 0.1) is 18.7 Å². The molecule has 2 heterocycles. The predicted octanol–water partition coefficient (Wildman–Crippen LogP) is 3.57. The summed E-state index contributed by atoms with van der Waals surface area (Å²) in [6.45, 7) is 6.79. The van der Waals surface area contributed by atoms with E-state index in [-0.39, 0.29) is 11.9 Å². The quantitative estimate of drug-likeness (QED) is 0.645. The van der Waals surface area contributed by atoms with E-state index in [2.05, 4.69) is 22.0 Å². The lowest BCUT2D eigenvalue weighted by Crippen LogP contribution is -2.49. The molecule has 0 saturated carbocycles. The molecule has 1 fully saturated rings. The molecule has 0 N–H and O–H groups in total. The van der Waals surface area contributed by atoms with E-state index in [1.54, 1.807) is 7.11 Å². The first-order chi connectivity index (χ1) is 14.6. The number of aryl methyl sites for hydroxylation is 1. The Morgan fingerprint density at radius 3 is 2.53 bits per heavy atom. The molecule has 7 nitrogen and oxygen atoms in total. The average Bonchev–Trinajstić information content (AvgIpc) is 3.29. The fraction of sp³-hybridized carbons (Fsp3) is 0.348. The number of rotatable bonds is 5. The van der Waals surface area contributed by atoms with Gasteiger partial charge in [-0.3, -0.25) is 9.69 Å². The highest BCUT2D eigenvalue weighted by atomic mass is 16.5. The summed E-state index contributed by atoms with van der Waals surface area (Å²) in [4.78, 5) is 21.7. The van der Waals surface area contributed by atoms with Gasteiger partial charge in [-0.05, 0) is 26.0 Å². The largest absolute Gasteiger partial charge is 0.496 e. The van der Waals surface area contributed by atoms with Crippen LogP contribution in [0, 0.1) is 6.92 Å². The van der Waals surface area contributed by atoms with E-state index in [9.17, 15) is 4.79 Å². The number of ether oxygens (including phenoxy) is 1. The Kier molecular flexibility index (Phi) is 5.81. The zero-order valence-electron chi connectivity index (χ0n) is 17.5. The number of amides is 1. The number of hydrogen-bond acceptors (Lipinski definition) is 6. The maximum Gasteiger partial charge on any atom is 0.257 e. The summed E-state index contributed by atoms with van der Waals surface area (Å²) in [5, 5.41) is 4.12. The molecule has 0 spiro atoms. The standard InChI is InChI=1S/C23H26N4O3/c1-16-9-10-20(29-3)19(15-16)23(28)27-13-11-26(12-14-27)17(2)22-24-21(25-30-22)18-7-5-4-6-8-18/h4-10,15,17H,11-14H2,1-3H3. The molecule has 3 aromatic rings. The third-order valence-corrected chi connectivity index (χ3v) is 5.57. The highest BCUT2D eigenvalue weighted by Crippen LogP contribution is 2.25. The lowest BCUT2D eigenvalue weighted by Gasteiger charge is -2.37. The van der Waals surface area contributed by atoms with Gasteiger partial charge in [0.1, 0.15) is 5.75 Å². The van der Waals surface area contributed by atoms with Crippen molar-refractivity contribution < 1.29 is 14.1 Å². The summed E-state index contributed by atoms with van der Waals surface area (Å²) in [5.74, 6) is 1.81. The molecule has 1 saturated heterocycles. The van der Waals surface area contributed by atoms with Crippen LogP contribution in [0.15, 0.2) is 53.1 Å². The fourth-order valence-electron chi connectivity index (χ4n) is 3.74. The molecule has 30 heavy (non-hydrogen) atoms. The normalized spacial score (nSPS) is 15.8. The van der Waals surface area contributed by atoms with Crippen molar-refractivity contribution in [1.29, 1.82) is 0 Å². The molecule has 156 valence electrons. The van der Waals surface area contributed by atoms with Crippen LogP contribution in [0.5, 0.6) is 5.75 Å². The molecule has 1 aromatic heterocycles. The van der Waals surface area contributed by atoms with E-state index in [0.29, 0.717) is 36.1 Å². The third-order valence-electron chi connectivity index (χ3n) is 5.57. The van der Waals surface area contributed by atoms with Crippen LogP contribution < -0.4 is 4.74 Å². The molecule has 1 unspecified atom stereocenters. The van der Waals surface area contributed by atoms with E-state index in [1.165, 1.54) is 0 Å². The topological polar surface area (TPSA) is 71.7 Å². The van der Waals surface area contributed by atoms with Gasteiger partial charge in [0.15, 0.2) is 0 Å². The van der Waals surface area contributed by atoms with Crippen molar-refractivity contribution >= 4 is 5.91 Å². The first-order valence-electron chi connectivity index (χ1n) is 10.1. The SMILES string of the molecule is COc1ccc(C)cc1C(=O)N1CCN(C(C)c2nc(-c3ccccc3)no2)CC1. The molecular weight excluding hydrogens is 380 g/mol. The van der Waals surface area contributed by atoms with Crippen LogP contribution in [-0.2, 0) is 0 Å². The van der Waals surface area contributed by atoms with E-state index in [1.807, 2.05) is 60.4 Å². The number of nitrogens with zero attached hydrogens (tertiary/aromatic N) is 4. The van der Waals surface area contributed by atoms with Gasteiger partial charge >= 0.3 is 0 Å². The molecule has 0 aliphatic carbocycles. The average molecular weight is 406 g/mol. The van der Waals surface area contributed by atoms with Crippen LogP contribution in [0.3, 0.4) is 0 Å². The van der Waals surface area contributed by atoms with Crippen molar-refractivity contribution in [3.63, 3.8) is 0 Å². The van der Waals surface area contributed by atoms with Crippen LogP contribution in [-0.4, -0.2) is 59.1 Å². The van der Waals surface area contributed by atoms with Crippen molar-refractivity contribution in [3.05, 3.63) is 65.5 Å². The van der Waals surface area contributed by atoms with Crippen LogP contribution in [0.4, 0.5) is 0 Å². The van der Waals surface area contributed by atoms with Gasteiger partial charge in [0, 0.05) is 31.7 Å². The van der Waals surface area contributed by atoms with Gasteiger partial charge in [-0.15, -0.1) is 0 Å². The lowest BCUT2D eigenvalue weighted by atomic mass is 10.1. The Morgan fingerprint density at radius 2 is 1.83 bits per heavy atom. The number of piperazine rings is 1. The minimum absolute atomic E-state index is 0.00649. The summed E-state index contributed by atoms with van der Waals surface area (Å²) in [5.41, 5.74) is 2.59. The summed E-state index contributed by atoms with van der Waals surface area (Å²) in [7, 11) is 1.59. The first-order valence-corrected chi connectivity index (χ1v) is 10.1. The van der Waals surface area contributed by atoms with Gasteiger partial charge in [-0.1, -0.05) is 47.1 Å². The number of aromatic nitrogens is 2. The van der Waals surface area contributed by atoms with Crippen LogP contribution >= 0.6 is 0 Å². The van der Waals surface area contributed by atoms with Crippen molar-refractivity contribution in [2.45, 2.75) is 19.9 Å². The fourth-order valence-corrected chi connectivity index (χ4v) is 3.74. The van der Waals surface area contributed by atoms with Crippen molar-refractivity contribution in [1.82, 2.24) is 19.9 Å². The first kappa shape index (κ1) is 20.1. The smallest absolute Gasteiger partial charge is 0.257 e. The molecule has 7 heteroatoms. The van der Waals surface area contributed by atoms with Gasteiger partial charge in [0.25, 0.3) is 5.91 Å². The zero-order valence-corrected chi connectivity index (χ0v) is 17.5. The van der Waals surface area contributed by atoms with Crippen molar-refractivity contribution in [3.8, 4) is 17.1 Å². The Labute approximate surface area is 176 Å². The minimum atomic E-state index is -0.0132. The molecule has 1 atom stereocenters. The van der Waals surface area contributed by atoms with E-state index in [4.69, 9.17) is 9.26 Å². The summed E-state index contributed by atoms with van der Waals surface area (Å²) >= 11 is 0. The Bertz CT molecular complexity index is 1010. The molecule has 4 rings (SSSR count). The van der Waals surface area contributed by atoms with Gasteiger partial charge in [0.2, 0.25) is 11.7 Å². The number of benzene rings is 2. The van der Waals surface area contributed by atoms with Crippen molar-refractivity contribution in [2.75, 3.05) is 33.3 Å². The predicted molar refractivity (Wildman–Crippen MR) is 113 cm³/mol. The molecule has 0 radical (unpaired) electrons. The lowest BCUT2D eigenvalue weighted by molar-refractivity contribution is 0.0549. The second kappa shape index (κ2) is 8.67. The second-order valence-electron chi connectivity index (χ2n) is 7.53. The van der Waals surface area contributed by atoms with Crippen LogP contribution in [0.1, 0.15) is 34.8 Å². The number of carbonyl (C=O) groups excluding carboxylic acids is 1. The summed E-state index contributed by atoms with van der Waals surface area (Å²) in [6, 6.07) is 15.5. The number of hydrogen-bond donors (Lipinski definition) is 0. The second-order valence-corrected chi connectivity index (χ2v) is 7.53. The van der Waals surface area contributed by atoms with E-state index >= 15 is 0 Å². The highest BCUT2D eigenvalue weighted by Gasteiger charge is 2.29. The highest BCUT2D eigenvalue weighted by molar-refractivity contribution is 5.97. The third kappa shape index (κ3) is 4.07. The maximum atomic E-state index is 13.0. The molecule has 1 aliphatic rings. The number of methoxy groups -OCH3 is 1. The molecular formula is C23H26N4O3. The minimum Gasteiger partial charge on any atom is -0.496 e. The van der Waals surface area contributed by atoms with Gasteiger partial charge < -0.3 is 14.2 Å².